The van der Waals surface area contributed by atoms with Crippen LogP contribution in [0.4, 0.5) is 0 Å². The molecule has 146 valence electrons. The zero-order valence-electron chi connectivity index (χ0n) is 15.0. The van der Waals surface area contributed by atoms with Crippen molar-refractivity contribution in [1.29, 1.82) is 0 Å². The summed E-state index contributed by atoms with van der Waals surface area (Å²) in [6, 6.07) is 5.38. The molecule has 9 heteroatoms. The summed E-state index contributed by atoms with van der Waals surface area (Å²) in [6.45, 7) is 5.87. The maximum atomic E-state index is 12.2. The molecule has 1 heterocycles. The maximum absolute atomic E-state index is 12.2. The Morgan fingerprint density at radius 3 is 2.69 bits per heavy atom. The number of ether oxygens (including phenoxy) is 2. The van der Waals surface area contributed by atoms with Crippen LogP contribution in [0.1, 0.15) is 29.9 Å². The van der Waals surface area contributed by atoms with Gasteiger partial charge in [-0.3, -0.25) is 4.79 Å². The summed E-state index contributed by atoms with van der Waals surface area (Å²) in [5.74, 6) is 0.977. The van der Waals surface area contributed by atoms with E-state index >= 15 is 0 Å². The van der Waals surface area contributed by atoms with Crippen LogP contribution in [-0.2, 0) is 6.61 Å². The molecule has 0 saturated heterocycles. The van der Waals surface area contributed by atoms with E-state index in [1.165, 1.54) is 11.3 Å². The van der Waals surface area contributed by atoms with Crippen LogP contribution >= 0.6 is 36.2 Å². The topological polar surface area (TPSA) is 72.5 Å². The van der Waals surface area contributed by atoms with Gasteiger partial charge in [0, 0.05) is 23.5 Å². The molecular weight excluding hydrogens is 397 g/mol. The molecule has 0 saturated carbocycles. The van der Waals surface area contributed by atoms with E-state index in [9.17, 15) is 4.79 Å². The molecule has 0 fully saturated rings. The minimum Gasteiger partial charge on any atom is -0.493 e. The standard InChI is InChI=1S/C17H23N3O3S.2ClH/c1-4-18-12(2)8-19-17(21)13-5-6-15(16(7-13)22-3)23-9-14-10-24-11-20-14;;/h5-7,10-12,18H,4,8-9H2,1-3H3,(H,19,21);2*1H/t12-;;/m1../s1. The van der Waals surface area contributed by atoms with Crippen LogP contribution in [0.5, 0.6) is 11.5 Å². The largest absolute Gasteiger partial charge is 0.493 e. The molecule has 0 spiro atoms. The first-order valence-corrected chi connectivity index (χ1v) is 8.77. The number of aromatic nitrogens is 1. The highest BCUT2D eigenvalue weighted by molar-refractivity contribution is 7.07. The fraction of sp³-hybridized carbons (Fsp3) is 0.412. The second kappa shape index (κ2) is 12.8. The first-order chi connectivity index (χ1) is 11.6. The number of carbonyl (C=O) groups is 1. The summed E-state index contributed by atoms with van der Waals surface area (Å²) in [7, 11) is 1.56. The molecule has 0 radical (unpaired) electrons. The lowest BCUT2D eigenvalue weighted by molar-refractivity contribution is 0.0950. The summed E-state index contributed by atoms with van der Waals surface area (Å²) >= 11 is 1.52. The highest BCUT2D eigenvalue weighted by Gasteiger charge is 2.12. The van der Waals surface area contributed by atoms with Gasteiger partial charge < -0.3 is 20.1 Å². The number of likely N-dealkylation sites (N-methyl/N-ethyl adjacent to an activating group) is 1. The van der Waals surface area contributed by atoms with Gasteiger partial charge in [-0.15, -0.1) is 36.2 Å². The summed E-state index contributed by atoms with van der Waals surface area (Å²) in [6.07, 6.45) is 0. The van der Waals surface area contributed by atoms with Crippen LogP contribution in [0.2, 0.25) is 0 Å². The van der Waals surface area contributed by atoms with Gasteiger partial charge in [-0.05, 0) is 31.7 Å². The number of hydrogen-bond acceptors (Lipinski definition) is 6. The third-order valence-corrected chi connectivity index (χ3v) is 4.04. The zero-order valence-corrected chi connectivity index (χ0v) is 17.4. The molecule has 0 bridgehead atoms. The number of amides is 1. The van der Waals surface area contributed by atoms with E-state index in [1.807, 2.05) is 19.2 Å². The number of halogens is 2. The van der Waals surface area contributed by atoms with Crippen LogP contribution in [0, 0.1) is 0 Å². The quantitative estimate of drug-likeness (QED) is 0.649. The van der Waals surface area contributed by atoms with Crippen LogP contribution in [0.25, 0.3) is 0 Å². The number of benzene rings is 1. The fourth-order valence-electron chi connectivity index (χ4n) is 2.16. The normalized spacial score (nSPS) is 10.9. The van der Waals surface area contributed by atoms with Gasteiger partial charge in [0.25, 0.3) is 5.91 Å². The molecule has 0 unspecified atom stereocenters. The Labute approximate surface area is 170 Å². The maximum Gasteiger partial charge on any atom is 0.251 e. The van der Waals surface area contributed by atoms with Crippen LogP contribution < -0.4 is 20.1 Å². The summed E-state index contributed by atoms with van der Waals surface area (Å²) in [5.41, 5.74) is 3.16. The van der Waals surface area contributed by atoms with Gasteiger partial charge in [-0.2, -0.15) is 0 Å². The smallest absolute Gasteiger partial charge is 0.251 e. The molecule has 26 heavy (non-hydrogen) atoms. The predicted octanol–water partition coefficient (Wildman–Crippen LogP) is 3.30. The lowest BCUT2D eigenvalue weighted by Crippen LogP contribution is -2.38. The van der Waals surface area contributed by atoms with Crippen LogP contribution in [-0.4, -0.2) is 37.1 Å². The van der Waals surface area contributed by atoms with E-state index in [2.05, 4.69) is 15.6 Å². The molecule has 1 amide bonds. The third kappa shape index (κ3) is 7.37. The molecule has 2 N–H and O–H groups in total. The monoisotopic (exact) mass is 421 g/mol. The van der Waals surface area contributed by atoms with Crippen molar-refractivity contribution in [1.82, 2.24) is 15.6 Å². The lowest BCUT2D eigenvalue weighted by atomic mass is 10.2. The van der Waals surface area contributed by atoms with Crippen molar-refractivity contribution >= 4 is 42.1 Å². The Hall–Kier alpha value is -1.54. The molecule has 6 nitrogen and oxygen atoms in total. The van der Waals surface area contributed by atoms with Gasteiger partial charge in [0.15, 0.2) is 11.5 Å². The molecule has 1 aromatic carbocycles. The zero-order chi connectivity index (χ0) is 17.4. The van der Waals surface area contributed by atoms with E-state index in [1.54, 1.807) is 30.8 Å². The summed E-state index contributed by atoms with van der Waals surface area (Å²) < 4.78 is 11.0. The first-order valence-electron chi connectivity index (χ1n) is 7.83. The van der Waals surface area contributed by atoms with Gasteiger partial charge in [-0.1, -0.05) is 6.92 Å². The average Bonchev–Trinajstić information content (AvgIpc) is 3.11. The molecular formula is C17H25Cl2N3O3S. The van der Waals surface area contributed by atoms with E-state index in [-0.39, 0.29) is 36.8 Å². The molecule has 2 rings (SSSR count). The number of methoxy groups -OCH3 is 1. The van der Waals surface area contributed by atoms with Crippen molar-refractivity contribution in [2.45, 2.75) is 26.5 Å². The van der Waals surface area contributed by atoms with E-state index < -0.39 is 0 Å². The first kappa shape index (κ1) is 24.5. The highest BCUT2D eigenvalue weighted by Crippen LogP contribution is 2.28. The highest BCUT2D eigenvalue weighted by atomic mass is 35.5. The Morgan fingerprint density at radius 1 is 1.31 bits per heavy atom. The van der Waals surface area contributed by atoms with Gasteiger partial charge >= 0.3 is 0 Å². The molecule has 1 aromatic heterocycles. The summed E-state index contributed by atoms with van der Waals surface area (Å²) in [5, 5.41) is 8.08. The van der Waals surface area contributed by atoms with Crippen molar-refractivity contribution in [3.05, 3.63) is 40.3 Å². The van der Waals surface area contributed by atoms with Gasteiger partial charge in [-0.25, -0.2) is 4.98 Å². The van der Waals surface area contributed by atoms with Crippen molar-refractivity contribution < 1.29 is 14.3 Å². The fourth-order valence-corrected chi connectivity index (χ4v) is 2.70. The summed E-state index contributed by atoms with van der Waals surface area (Å²) in [4.78, 5) is 16.4. The third-order valence-electron chi connectivity index (χ3n) is 3.41. The number of carbonyl (C=O) groups excluding carboxylic acids is 1. The SMILES string of the molecule is CCN[C@H](C)CNC(=O)c1ccc(OCc2cscn2)c(OC)c1.Cl.Cl. The Kier molecular flexibility index (Phi) is 12.0. The molecule has 0 aliphatic heterocycles. The second-order valence-corrected chi connectivity index (χ2v) is 6.02. The van der Waals surface area contributed by atoms with Crippen molar-refractivity contribution in [3.8, 4) is 11.5 Å². The Bertz CT molecular complexity index is 657. The molecule has 1 atom stereocenters. The molecule has 2 aromatic rings. The number of thiazole rings is 1. The van der Waals surface area contributed by atoms with Crippen LogP contribution in [0.3, 0.4) is 0 Å². The number of hydrogen-bond donors (Lipinski definition) is 2. The molecule has 0 aliphatic carbocycles. The van der Waals surface area contributed by atoms with Crippen molar-refractivity contribution in [3.63, 3.8) is 0 Å². The van der Waals surface area contributed by atoms with Crippen LogP contribution in [0.15, 0.2) is 29.1 Å². The van der Waals surface area contributed by atoms with Crippen molar-refractivity contribution in [2.75, 3.05) is 20.2 Å². The average molecular weight is 422 g/mol. The van der Waals surface area contributed by atoms with Gasteiger partial charge in [0.05, 0.1) is 18.3 Å². The van der Waals surface area contributed by atoms with E-state index in [0.29, 0.717) is 30.2 Å². The lowest BCUT2D eigenvalue weighted by Gasteiger charge is -2.14. The van der Waals surface area contributed by atoms with Gasteiger partial charge in [0.2, 0.25) is 0 Å². The Balaban J connectivity index is 0.00000312. The minimum atomic E-state index is -0.135. The Morgan fingerprint density at radius 2 is 2.08 bits per heavy atom. The number of rotatable bonds is 9. The minimum absolute atomic E-state index is 0. The van der Waals surface area contributed by atoms with Gasteiger partial charge in [0.1, 0.15) is 6.61 Å². The molecule has 0 aliphatic rings. The van der Waals surface area contributed by atoms with Crippen molar-refractivity contribution in [2.24, 2.45) is 0 Å². The second-order valence-electron chi connectivity index (χ2n) is 5.30. The number of nitrogens with zero attached hydrogens (tertiary/aromatic N) is 1. The predicted molar refractivity (Wildman–Crippen MR) is 109 cm³/mol. The van der Waals surface area contributed by atoms with E-state index in [0.717, 1.165) is 12.2 Å². The number of nitrogens with one attached hydrogen (secondary N) is 2. The van der Waals surface area contributed by atoms with E-state index in [4.69, 9.17) is 9.47 Å².